The second kappa shape index (κ2) is 6.55. The van der Waals surface area contributed by atoms with Crippen LogP contribution in [-0.4, -0.2) is 78.8 Å². The Kier molecular flexibility index (Phi) is 4.53. The minimum Gasteiger partial charge on any atom is -0.360 e. The summed E-state index contributed by atoms with van der Waals surface area (Å²) < 4.78 is 33.0. The average molecular weight is 410 g/mol. The molecule has 3 saturated heterocycles. The average Bonchev–Trinajstić information content (AvgIpc) is 3.36. The molecule has 0 spiro atoms. The molecule has 4 rings (SSSR count). The van der Waals surface area contributed by atoms with Gasteiger partial charge in [-0.3, -0.25) is 9.59 Å². The van der Waals surface area contributed by atoms with Gasteiger partial charge in [0.2, 0.25) is 21.8 Å². The molecule has 9 nitrogen and oxygen atoms in total. The van der Waals surface area contributed by atoms with Crippen LogP contribution in [0.4, 0.5) is 0 Å². The number of aromatic nitrogens is 1. The Hall–Kier alpha value is -1.94. The van der Waals surface area contributed by atoms with Crippen LogP contribution in [0.15, 0.2) is 9.42 Å². The first-order valence-corrected chi connectivity index (χ1v) is 11.1. The fourth-order valence-electron chi connectivity index (χ4n) is 4.95. The van der Waals surface area contributed by atoms with Gasteiger partial charge in [-0.25, -0.2) is 8.42 Å². The standard InChI is InChI=1S/C18H26N4O5S/c1-12-16(13(2)27-19-12)28(25,26)22-9-15-8-21(14(3)23)10-18(15,11-22)17(24)20-6-4-5-7-20/h15H,4-11H2,1-3H3/t15-,18-/m0/s1. The molecule has 0 aliphatic carbocycles. The summed E-state index contributed by atoms with van der Waals surface area (Å²) in [6.07, 6.45) is 1.92. The zero-order chi connectivity index (χ0) is 20.3. The summed E-state index contributed by atoms with van der Waals surface area (Å²) in [7, 11) is -3.83. The number of amides is 2. The highest BCUT2D eigenvalue weighted by molar-refractivity contribution is 7.89. The molecule has 3 aliphatic heterocycles. The molecule has 4 heterocycles. The van der Waals surface area contributed by atoms with Gasteiger partial charge >= 0.3 is 0 Å². The monoisotopic (exact) mass is 410 g/mol. The highest BCUT2D eigenvalue weighted by Gasteiger charge is 2.61. The van der Waals surface area contributed by atoms with Gasteiger partial charge in [-0.1, -0.05) is 5.16 Å². The van der Waals surface area contributed by atoms with Crippen LogP contribution in [0.1, 0.15) is 31.2 Å². The second-order valence-electron chi connectivity index (χ2n) is 8.20. The number of rotatable bonds is 3. The van der Waals surface area contributed by atoms with E-state index in [1.54, 1.807) is 18.7 Å². The van der Waals surface area contributed by atoms with Crippen LogP contribution in [0, 0.1) is 25.2 Å². The first-order chi connectivity index (χ1) is 13.2. The van der Waals surface area contributed by atoms with Gasteiger partial charge in [0, 0.05) is 52.1 Å². The molecule has 0 bridgehead atoms. The van der Waals surface area contributed by atoms with Crippen LogP contribution in [0.25, 0.3) is 0 Å². The number of carbonyl (C=O) groups excluding carboxylic acids is 2. The fraction of sp³-hybridized carbons (Fsp3) is 0.722. The smallest absolute Gasteiger partial charge is 0.248 e. The van der Waals surface area contributed by atoms with E-state index in [1.807, 2.05) is 4.90 Å². The van der Waals surface area contributed by atoms with Crippen molar-refractivity contribution in [3.63, 3.8) is 0 Å². The maximum Gasteiger partial charge on any atom is 0.248 e. The fourth-order valence-corrected chi connectivity index (χ4v) is 6.80. The molecular formula is C18H26N4O5S. The number of hydrogen-bond acceptors (Lipinski definition) is 6. The first kappa shape index (κ1) is 19.4. The molecule has 0 unspecified atom stereocenters. The minimum absolute atomic E-state index is 0.0183. The minimum atomic E-state index is -3.83. The number of fused-ring (bicyclic) bond motifs is 1. The van der Waals surface area contributed by atoms with Gasteiger partial charge < -0.3 is 14.3 Å². The van der Waals surface area contributed by atoms with E-state index in [1.165, 1.54) is 11.2 Å². The third-order valence-electron chi connectivity index (χ3n) is 6.41. The summed E-state index contributed by atoms with van der Waals surface area (Å²) in [6, 6.07) is 0. The van der Waals surface area contributed by atoms with Crippen molar-refractivity contribution in [2.24, 2.45) is 11.3 Å². The van der Waals surface area contributed by atoms with Gasteiger partial charge in [-0.15, -0.1) is 0 Å². The quantitative estimate of drug-likeness (QED) is 0.714. The number of aryl methyl sites for hydroxylation is 2. The first-order valence-electron chi connectivity index (χ1n) is 9.65. The van der Waals surface area contributed by atoms with Crippen LogP contribution in [0.2, 0.25) is 0 Å². The summed E-state index contributed by atoms with van der Waals surface area (Å²) in [5.74, 6) is -0.0575. The van der Waals surface area contributed by atoms with Crippen LogP contribution >= 0.6 is 0 Å². The Morgan fingerprint density at radius 3 is 2.36 bits per heavy atom. The molecule has 0 saturated carbocycles. The summed E-state index contributed by atoms with van der Waals surface area (Å²) in [5, 5.41) is 3.77. The van der Waals surface area contributed by atoms with Crippen LogP contribution in [-0.2, 0) is 19.6 Å². The van der Waals surface area contributed by atoms with E-state index < -0.39 is 15.4 Å². The normalized spacial score (nSPS) is 28.2. The molecule has 10 heteroatoms. The highest BCUT2D eigenvalue weighted by atomic mass is 32.2. The SMILES string of the molecule is CC(=O)N1C[C@H]2CN(S(=O)(=O)c3c(C)noc3C)C[C@@]2(C(=O)N2CCCC2)C1. The van der Waals surface area contributed by atoms with Gasteiger partial charge in [-0.05, 0) is 26.7 Å². The van der Waals surface area contributed by atoms with Crippen molar-refractivity contribution in [1.82, 2.24) is 19.3 Å². The number of likely N-dealkylation sites (tertiary alicyclic amines) is 2. The van der Waals surface area contributed by atoms with Crippen molar-refractivity contribution in [2.75, 3.05) is 39.3 Å². The number of sulfonamides is 1. The number of nitrogens with zero attached hydrogens (tertiary/aromatic N) is 4. The molecule has 1 aromatic heterocycles. The maximum atomic E-state index is 13.4. The van der Waals surface area contributed by atoms with Gasteiger partial charge in [0.15, 0.2) is 5.76 Å². The molecule has 0 N–H and O–H groups in total. The van der Waals surface area contributed by atoms with Crippen molar-refractivity contribution >= 4 is 21.8 Å². The zero-order valence-corrected chi connectivity index (χ0v) is 17.3. The second-order valence-corrected chi connectivity index (χ2v) is 10.1. The van der Waals surface area contributed by atoms with Crippen molar-refractivity contribution in [3.8, 4) is 0 Å². The summed E-state index contributed by atoms with van der Waals surface area (Å²) in [6.45, 7) is 7.05. The molecule has 28 heavy (non-hydrogen) atoms. The van der Waals surface area contributed by atoms with E-state index >= 15 is 0 Å². The third-order valence-corrected chi connectivity index (χ3v) is 8.46. The maximum absolute atomic E-state index is 13.4. The highest BCUT2D eigenvalue weighted by Crippen LogP contribution is 2.46. The van der Waals surface area contributed by atoms with Crippen LogP contribution < -0.4 is 0 Å². The number of carbonyl (C=O) groups is 2. The van der Waals surface area contributed by atoms with Gasteiger partial charge in [-0.2, -0.15) is 4.31 Å². The van der Waals surface area contributed by atoms with E-state index in [-0.39, 0.29) is 48.0 Å². The predicted octanol–water partition coefficient (Wildman–Crippen LogP) is 0.383. The molecule has 3 fully saturated rings. The molecule has 1 aromatic rings. The molecule has 0 aromatic carbocycles. The van der Waals surface area contributed by atoms with Gasteiger partial charge in [0.05, 0.1) is 5.41 Å². The Balaban J connectivity index is 1.69. The largest absolute Gasteiger partial charge is 0.360 e. The topological polar surface area (TPSA) is 104 Å². The third kappa shape index (κ3) is 2.76. The van der Waals surface area contributed by atoms with Crippen LogP contribution in [0.5, 0.6) is 0 Å². The van der Waals surface area contributed by atoms with Crippen molar-refractivity contribution in [3.05, 3.63) is 11.5 Å². The lowest BCUT2D eigenvalue weighted by atomic mass is 9.79. The van der Waals surface area contributed by atoms with Crippen molar-refractivity contribution in [2.45, 2.75) is 38.5 Å². The zero-order valence-electron chi connectivity index (χ0n) is 16.5. The molecule has 3 aliphatic rings. The Morgan fingerprint density at radius 2 is 1.79 bits per heavy atom. The summed E-state index contributed by atoms with van der Waals surface area (Å²) >= 11 is 0. The Morgan fingerprint density at radius 1 is 1.11 bits per heavy atom. The molecule has 0 radical (unpaired) electrons. The lowest BCUT2D eigenvalue weighted by Gasteiger charge is -2.32. The van der Waals surface area contributed by atoms with Gasteiger partial charge in [0.1, 0.15) is 10.6 Å². The Labute approximate surface area is 164 Å². The van der Waals surface area contributed by atoms with E-state index in [4.69, 9.17) is 4.52 Å². The van der Waals surface area contributed by atoms with Crippen LogP contribution in [0.3, 0.4) is 0 Å². The van der Waals surface area contributed by atoms with E-state index in [0.717, 1.165) is 12.8 Å². The van der Waals surface area contributed by atoms with Crippen molar-refractivity contribution in [1.29, 1.82) is 0 Å². The molecule has 2 atom stereocenters. The molecular weight excluding hydrogens is 384 g/mol. The molecule has 2 amide bonds. The van der Waals surface area contributed by atoms with E-state index in [2.05, 4.69) is 5.16 Å². The molecule has 154 valence electrons. The predicted molar refractivity (Wildman–Crippen MR) is 98.7 cm³/mol. The Bertz CT molecular complexity index is 901. The lowest BCUT2D eigenvalue weighted by molar-refractivity contribution is -0.141. The summed E-state index contributed by atoms with van der Waals surface area (Å²) in [5.41, 5.74) is -0.554. The van der Waals surface area contributed by atoms with E-state index in [9.17, 15) is 18.0 Å². The summed E-state index contributed by atoms with van der Waals surface area (Å²) in [4.78, 5) is 29.0. The van der Waals surface area contributed by atoms with Crippen molar-refractivity contribution < 1.29 is 22.5 Å². The lowest BCUT2D eigenvalue weighted by Crippen LogP contribution is -2.49. The number of hydrogen-bond donors (Lipinski definition) is 0. The van der Waals surface area contributed by atoms with Gasteiger partial charge in [0.25, 0.3) is 0 Å². The van der Waals surface area contributed by atoms with E-state index in [0.29, 0.717) is 25.3 Å².